The Hall–Kier alpha value is -2.15. The van der Waals surface area contributed by atoms with Crippen LogP contribution in [-0.2, 0) is 0 Å². The number of likely N-dealkylation sites (N-methyl/N-ethyl adjacent to an activating group) is 1. The largest absolute Gasteiger partial charge is 0.373 e. The van der Waals surface area contributed by atoms with Crippen LogP contribution in [0.4, 0.5) is 11.6 Å². The summed E-state index contributed by atoms with van der Waals surface area (Å²) in [4.78, 5) is 19.7. The van der Waals surface area contributed by atoms with Crippen molar-refractivity contribution in [3.05, 3.63) is 17.8 Å². The fourth-order valence-electron chi connectivity index (χ4n) is 3.94. The Morgan fingerprint density at radius 3 is 3.08 bits per heavy atom. The van der Waals surface area contributed by atoms with Crippen molar-refractivity contribution in [2.24, 2.45) is 0 Å². The first kappa shape index (κ1) is 15.4. The zero-order valence-corrected chi connectivity index (χ0v) is 14.2. The molecule has 1 fully saturated rings. The molecule has 4 heterocycles. The Kier molecular flexibility index (Phi) is 3.88. The van der Waals surface area contributed by atoms with E-state index < -0.39 is 0 Å². The molecule has 0 aliphatic carbocycles. The molecule has 0 spiro atoms. The van der Waals surface area contributed by atoms with Crippen LogP contribution in [-0.4, -0.2) is 58.0 Å². The van der Waals surface area contributed by atoms with Crippen LogP contribution in [0.1, 0.15) is 42.5 Å². The highest BCUT2D eigenvalue weighted by atomic mass is 16.1. The average Bonchev–Trinajstić information content (AvgIpc) is 3.13. The van der Waals surface area contributed by atoms with E-state index in [1.165, 1.54) is 0 Å². The summed E-state index contributed by atoms with van der Waals surface area (Å²) in [5, 5.41) is 11.1. The van der Waals surface area contributed by atoms with Crippen LogP contribution in [0.25, 0.3) is 5.65 Å². The second-order valence-corrected chi connectivity index (χ2v) is 6.91. The maximum atomic E-state index is 12.6. The Labute approximate surface area is 141 Å². The van der Waals surface area contributed by atoms with Crippen molar-refractivity contribution in [3.8, 4) is 0 Å². The third-order valence-electron chi connectivity index (χ3n) is 5.26. The van der Waals surface area contributed by atoms with Gasteiger partial charge in [-0.1, -0.05) is 6.42 Å². The van der Waals surface area contributed by atoms with Gasteiger partial charge in [-0.2, -0.15) is 9.61 Å². The monoisotopic (exact) mass is 328 g/mol. The Balaban J connectivity index is 1.78. The number of nitrogens with one attached hydrogen (secondary N) is 2. The smallest absolute Gasteiger partial charge is 0.170 e. The van der Waals surface area contributed by atoms with Crippen LogP contribution in [0.15, 0.2) is 12.3 Å². The predicted octanol–water partition coefficient (Wildman–Crippen LogP) is 2.01. The normalized spacial score (nSPS) is 25.2. The first-order valence-electron chi connectivity index (χ1n) is 8.72. The fourth-order valence-corrected chi connectivity index (χ4v) is 3.94. The Bertz CT molecular complexity index is 770. The SMILES string of the molecule is CNc1cc2nc3c(cnn13)C(=O)CCCCC1CC(CN1C)N2. The maximum absolute atomic E-state index is 12.6. The van der Waals surface area contributed by atoms with Crippen molar-refractivity contribution in [3.63, 3.8) is 0 Å². The number of hydrogen-bond donors (Lipinski definition) is 2. The topological polar surface area (TPSA) is 74.6 Å². The van der Waals surface area contributed by atoms with Crippen molar-refractivity contribution in [2.75, 3.05) is 31.3 Å². The summed E-state index contributed by atoms with van der Waals surface area (Å²) in [5.41, 5.74) is 1.26. The molecule has 0 aromatic carbocycles. The zero-order chi connectivity index (χ0) is 16.7. The van der Waals surface area contributed by atoms with Gasteiger partial charge in [0.1, 0.15) is 11.6 Å². The minimum atomic E-state index is 0.134. The summed E-state index contributed by atoms with van der Waals surface area (Å²) >= 11 is 0. The number of rotatable bonds is 1. The quantitative estimate of drug-likeness (QED) is 0.834. The average molecular weight is 328 g/mol. The molecule has 2 atom stereocenters. The molecule has 4 bridgehead atoms. The van der Waals surface area contributed by atoms with Crippen molar-refractivity contribution in [1.29, 1.82) is 0 Å². The summed E-state index contributed by atoms with van der Waals surface area (Å²) in [6.45, 7) is 1.03. The number of Topliss-reactive ketones (excluding diaryl/α,β-unsaturated/α-hetero) is 1. The third kappa shape index (κ3) is 2.62. The highest BCUT2D eigenvalue weighted by molar-refractivity contribution is 6.01. The lowest BCUT2D eigenvalue weighted by molar-refractivity contribution is 0.0979. The molecule has 4 rings (SSSR count). The molecule has 24 heavy (non-hydrogen) atoms. The van der Waals surface area contributed by atoms with E-state index in [1.807, 2.05) is 13.1 Å². The van der Waals surface area contributed by atoms with Crippen LogP contribution in [0.2, 0.25) is 0 Å². The number of anilines is 2. The first-order valence-corrected chi connectivity index (χ1v) is 8.72. The number of nitrogens with zero attached hydrogens (tertiary/aromatic N) is 4. The van der Waals surface area contributed by atoms with Gasteiger partial charge < -0.3 is 15.5 Å². The van der Waals surface area contributed by atoms with Gasteiger partial charge >= 0.3 is 0 Å². The van der Waals surface area contributed by atoms with Gasteiger partial charge in [-0.05, 0) is 26.3 Å². The number of ketones is 1. The Morgan fingerprint density at radius 1 is 1.38 bits per heavy atom. The van der Waals surface area contributed by atoms with Gasteiger partial charge in [0.15, 0.2) is 11.4 Å². The molecule has 2 aromatic rings. The van der Waals surface area contributed by atoms with Gasteiger partial charge in [0.25, 0.3) is 0 Å². The van der Waals surface area contributed by atoms with Gasteiger partial charge in [-0.25, -0.2) is 4.98 Å². The first-order chi connectivity index (χ1) is 11.7. The molecule has 2 aliphatic rings. The van der Waals surface area contributed by atoms with Gasteiger partial charge in [-0.3, -0.25) is 4.79 Å². The van der Waals surface area contributed by atoms with E-state index in [2.05, 4.69) is 27.7 Å². The molecule has 2 aliphatic heterocycles. The summed E-state index contributed by atoms with van der Waals surface area (Å²) < 4.78 is 1.71. The van der Waals surface area contributed by atoms with E-state index in [0.29, 0.717) is 29.7 Å². The predicted molar refractivity (Wildman–Crippen MR) is 93.8 cm³/mol. The molecule has 2 unspecified atom stereocenters. The molecule has 2 aromatic heterocycles. The van der Waals surface area contributed by atoms with Crippen molar-refractivity contribution < 1.29 is 4.79 Å². The van der Waals surface area contributed by atoms with Gasteiger partial charge in [0, 0.05) is 38.2 Å². The van der Waals surface area contributed by atoms with E-state index >= 15 is 0 Å². The third-order valence-corrected chi connectivity index (χ3v) is 5.26. The number of carbonyl (C=O) groups is 1. The second kappa shape index (κ2) is 6.05. The minimum Gasteiger partial charge on any atom is -0.373 e. The molecule has 0 amide bonds. The van der Waals surface area contributed by atoms with Crippen molar-refractivity contribution >= 4 is 23.1 Å². The lowest BCUT2D eigenvalue weighted by Crippen LogP contribution is -2.26. The van der Waals surface area contributed by atoms with Crippen LogP contribution in [0, 0.1) is 0 Å². The minimum absolute atomic E-state index is 0.134. The number of fused-ring (bicyclic) bond motifs is 3. The standard InChI is InChI=1S/C17H24N6O/c1-18-16-8-15-20-11-7-12(22(2)10-11)5-3-4-6-14(24)13-9-19-23(16)17(13)21-15/h8-9,11-12,18H,3-7,10H2,1-2H3,(H,20,21). The number of likely N-dealkylation sites (tertiary alicyclic amines) is 1. The van der Waals surface area contributed by atoms with Gasteiger partial charge in [-0.15, -0.1) is 0 Å². The lowest BCUT2D eigenvalue weighted by Gasteiger charge is -2.18. The summed E-state index contributed by atoms with van der Waals surface area (Å²) in [6.07, 6.45) is 6.50. The lowest BCUT2D eigenvalue weighted by atomic mass is 10.0. The highest BCUT2D eigenvalue weighted by Crippen LogP contribution is 2.27. The second-order valence-electron chi connectivity index (χ2n) is 6.91. The van der Waals surface area contributed by atoms with Crippen LogP contribution in [0.5, 0.6) is 0 Å². The van der Waals surface area contributed by atoms with Crippen LogP contribution < -0.4 is 10.6 Å². The molecular weight excluding hydrogens is 304 g/mol. The van der Waals surface area contributed by atoms with E-state index in [9.17, 15) is 4.79 Å². The molecule has 7 nitrogen and oxygen atoms in total. The van der Waals surface area contributed by atoms with E-state index in [1.54, 1.807) is 10.7 Å². The van der Waals surface area contributed by atoms with Gasteiger partial charge in [0.2, 0.25) is 0 Å². The number of carbonyl (C=O) groups excluding carboxylic acids is 1. The molecular formula is C17H24N6O. The molecule has 7 heteroatoms. The summed E-state index contributed by atoms with van der Waals surface area (Å²) in [6, 6.07) is 2.94. The summed E-state index contributed by atoms with van der Waals surface area (Å²) in [7, 11) is 4.04. The molecule has 0 radical (unpaired) electrons. The van der Waals surface area contributed by atoms with Crippen molar-refractivity contribution in [1.82, 2.24) is 19.5 Å². The maximum Gasteiger partial charge on any atom is 0.170 e. The fraction of sp³-hybridized carbons (Fsp3) is 0.588. The van der Waals surface area contributed by atoms with Gasteiger partial charge in [0.05, 0.1) is 11.8 Å². The number of hydrogen-bond acceptors (Lipinski definition) is 6. The molecule has 0 saturated carbocycles. The number of aromatic nitrogens is 3. The van der Waals surface area contributed by atoms with E-state index in [0.717, 1.165) is 43.9 Å². The molecule has 2 N–H and O–H groups in total. The molecule has 1 saturated heterocycles. The Morgan fingerprint density at radius 2 is 2.25 bits per heavy atom. The zero-order valence-electron chi connectivity index (χ0n) is 14.2. The van der Waals surface area contributed by atoms with Crippen LogP contribution in [0.3, 0.4) is 0 Å². The van der Waals surface area contributed by atoms with Crippen molar-refractivity contribution in [2.45, 2.75) is 44.2 Å². The molecule has 128 valence electrons. The summed E-state index contributed by atoms with van der Waals surface area (Å²) in [5.74, 6) is 1.77. The van der Waals surface area contributed by atoms with E-state index in [4.69, 9.17) is 4.98 Å². The van der Waals surface area contributed by atoms with Crippen LogP contribution >= 0.6 is 0 Å². The highest BCUT2D eigenvalue weighted by Gasteiger charge is 2.30. The van der Waals surface area contributed by atoms with E-state index in [-0.39, 0.29) is 5.78 Å².